The lowest BCUT2D eigenvalue weighted by Crippen LogP contribution is -2.48. The molecule has 156 valence electrons. The van der Waals surface area contributed by atoms with Crippen molar-refractivity contribution in [1.82, 2.24) is 10.2 Å². The minimum absolute atomic E-state index is 0.0573. The molecule has 0 aliphatic carbocycles. The first-order valence-electron chi connectivity index (χ1n) is 9.80. The van der Waals surface area contributed by atoms with Gasteiger partial charge in [-0.1, -0.05) is 74.0 Å². The number of hydrogen-bond acceptors (Lipinski definition) is 3. The van der Waals surface area contributed by atoms with Crippen LogP contribution < -0.4 is 5.32 Å². The quantitative estimate of drug-likeness (QED) is 0.588. The Labute approximate surface area is 183 Å². The van der Waals surface area contributed by atoms with E-state index in [0.29, 0.717) is 35.5 Å². The van der Waals surface area contributed by atoms with Crippen LogP contribution in [0.15, 0.2) is 54.6 Å². The first-order valence-corrected chi connectivity index (χ1v) is 11.3. The van der Waals surface area contributed by atoms with Crippen LogP contribution >= 0.6 is 23.4 Å². The second-order valence-electron chi connectivity index (χ2n) is 7.41. The molecule has 0 unspecified atom stereocenters. The van der Waals surface area contributed by atoms with Gasteiger partial charge in [0.15, 0.2) is 0 Å². The Morgan fingerprint density at radius 3 is 2.34 bits per heavy atom. The molecule has 0 radical (unpaired) electrons. The van der Waals surface area contributed by atoms with Crippen molar-refractivity contribution in [3.8, 4) is 0 Å². The number of rotatable bonds is 10. The molecule has 0 aliphatic heterocycles. The molecule has 2 aromatic carbocycles. The van der Waals surface area contributed by atoms with Crippen LogP contribution in [0.1, 0.15) is 31.9 Å². The van der Waals surface area contributed by atoms with Gasteiger partial charge in [0.05, 0.1) is 5.75 Å². The monoisotopic (exact) mass is 432 g/mol. The zero-order valence-corrected chi connectivity index (χ0v) is 18.8. The maximum absolute atomic E-state index is 13.0. The Morgan fingerprint density at radius 2 is 1.69 bits per heavy atom. The SMILES string of the molecule is CC(C)CNC(=O)[C@@H](C)N(Cc1ccccc1)C(=O)CSCc1ccccc1Cl. The minimum atomic E-state index is -0.539. The summed E-state index contributed by atoms with van der Waals surface area (Å²) in [7, 11) is 0. The Morgan fingerprint density at radius 1 is 1.03 bits per heavy atom. The van der Waals surface area contributed by atoms with Gasteiger partial charge in [-0.25, -0.2) is 0 Å². The van der Waals surface area contributed by atoms with Gasteiger partial charge in [-0.05, 0) is 30.0 Å². The van der Waals surface area contributed by atoms with Crippen LogP contribution in [0.5, 0.6) is 0 Å². The van der Waals surface area contributed by atoms with E-state index in [9.17, 15) is 9.59 Å². The normalized spacial score (nSPS) is 11.9. The van der Waals surface area contributed by atoms with Crippen molar-refractivity contribution in [2.24, 2.45) is 5.92 Å². The van der Waals surface area contributed by atoms with E-state index in [1.165, 1.54) is 11.8 Å². The molecule has 2 amide bonds. The van der Waals surface area contributed by atoms with Crippen molar-refractivity contribution in [3.05, 3.63) is 70.7 Å². The summed E-state index contributed by atoms with van der Waals surface area (Å²) in [6.07, 6.45) is 0. The molecule has 0 heterocycles. The van der Waals surface area contributed by atoms with E-state index in [0.717, 1.165) is 11.1 Å². The van der Waals surface area contributed by atoms with Gasteiger partial charge in [0.2, 0.25) is 11.8 Å². The van der Waals surface area contributed by atoms with Gasteiger partial charge in [0.1, 0.15) is 6.04 Å². The summed E-state index contributed by atoms with van der Waals surface area (Å²) < 4.78 is 0. The summed E-state index contributed by atoms with van der Waals surface area (Å²) in [5.74, 6) is 1.12. The summed E-state index contributed by atoms with van der Waals surface area (Å²) in [5, 5.41) is 3.64. The van der Waals surface area contributed by atoms with Crippen molar-refractivity contribution < 1.29 is 9.59 Å². The lowest BCUT2D eigenvalue weighted by Gasteiger charge is -2.29. The first-order chi connectivity index (χ1) is 13.9. The first kappa shape index (κ1) is 23.3. The van der Waals surface area contributed by atoms with Gasteiger partial charge in [-0.3, -0.25) is 9.59 Å². The zero-order chi connectivity index (χ0) is 21.2. The maximum Gasteiger partial charge on any atom is 0.242 e. The highest BCUT2D eigenvalue weighted by Gasteiger charge is 2.26. The fourth-order valence-electron chi connectivity index (χ4n) is 2.76. The van der Waals surface area contributed by atoms with E-state index >= 15 is 0 Å². The predicted molar refractivity (Wildman–Crippen MR) is 122 cm³/mol. The second-order valence-corrected chi connectivity index (χ2v) is 8.80. The van der Waals surface area contributed by atoms with E-state index < -0.39 is 6.04 Å². The third kappa shape index (κ3) is 7.75. The van der Waals surface area contributed by atoms with E-state index in [2.05, 4.69) is 5.32 Å². The molecule has 29 heavy (non-hydrogen) atoms. The van der Waals surface area contributed by atoms with Crippen molar-refractivity contribution in [2.75, 3.05) is 12.3 Å². The van der Waals surface area contributed by atoms with Gasteiger partial charge < -0.3 is 10.2 Å². The number of nitrogens with zero attached hydrogens (tertiary/aromatic N) is 1. The van der Waals surface area contributed by atoms with Crippen molar-refractivity contribution in [3.63, 3.8) is 0 Å². The average Bonchev–Trinajstić information content (AvgIpc) is 2.71. The smallest absolute Gasteiger partial charge is 0.242 e. The molecule has 2 rings (SSSR count). The summed E-state index contributed by atoms with van der Waals surface area (Å²) in [6.45, 7) is 6.88. The number of amides is 2. The molecule has 1 atom stereocenters. The van der Waals surface area contributed by atoms with Crippen molar-refractivity contribution >= 4 is 35.2 Å². The Balaban J connectivity index is 2.03. The van der Waals surface area contributed by atoms with E-state index in [-0.39, 0.29) is 11.8 Å². The molecular weight excluding hydrogens is 404 g/mol. The molecule has 0 bridgehead atoms. The number of carbonyl (C=O) groups is 2. The van der Waals surface area contributed by atoms with Gasteiger partial charge in [0, 0.05) is 23.9 Å². The molecule has 2 aromatic rings. The fraction of sp³-hybridized carbons (Fsp3) is 0.391. The third-order valence-electron chi connectivity index (χ3n) is 4.49. The number of carbonyl (C=O) groups excluding carboxylic acids is 2. The number of hydrogen-bond donors (Lipinski definition) is 1. The van der Waals surface area contributed by atoms with Crippen LogP contribution in [-0.2, 0) is 21.9 Å². The Bertz CT molecular complexity index is 798. The lowest BCUT2D eigenvalue weighted by molar-refractivity contribution is -0.138. The van der Waals surface area contributed by atoms with Crippen LogP contribution in [-0.4, -0.2) is 35.1 Å². The highest BCUT2D eigenvalue weighted by atomic mass is 35.5. The topological polar surface area (TPSA) is 49.4 Å². The Hall–Kier alpha value is -1.98. The molecule has 0 saturated carbocycles. The molecule has 0 saturated heterocycles. The number of halogens is 1. The number of nitrogens with one attached hydrogen (secondary N) is 1. The highest BCUT2D eigenvalue weighted by Crippen LogP contribution is 2.21. The molecule has 0 aromatic heterocycles. The summed E-state index contributed by atoms with van der Waals surface area (Å²) >= 11 is 7.71. The molecule has 0 fully saturated rings. The fourth-order valence-corrected chi connectivity index (χ4v) is 3.96. The lowest BCUT2D eigenvalue weighted by atomic mass is 10.1. The molecule has 6 heteroatoms. The Kier molecular flexibility index (Phi) is 9.55. The molecule has 0 aliphatic rings. The number of benzene rings is 2. The maximum atomic E-state index is 13.0. The molecule has 1 N–H and O–H groups in total. The van der Waals surface area contributed by atoms with Gasteiger partial charge in [0.25, 0.3) is 0 Å². The van der Waals surface area contributed by atoms with Gasteiger partial charge in [-0.2, -0.15) is 0 Å². The number of thioether (sulfide) groups is 1. The van der Waals surface area contributed by atoms with Crippen molar-refractivity contribution in [2.45, 2.75) is 39.1 Å². The van der Waals surface area contributed by atoms with Crippen LogP contribution in [0.25, 0.3) is 0 Å². The molecule has 0 spiro atoms. The van der Waals surface area contributed by atoms with Crippen LogP contribution in [0.4, 0.5) is 0 Å². The summed E-state index contributed by atoms with van der Waals surface area (Å²) in [4.78, 5) is 27.3. The largest absolute Gasteiger partial charge is 0.354 e. The van der Waals surface area contributed by atoms with Crippen LogP contribution in [0.2, 0.25) is 5.02 Å². The summed E-state index contributed by atoms with van der Waals surface area (Å²) in [5.41, 5.74) is 2.00. The van der Waals surface area contributed by atoms with Crippen LogP contribution in [0.3, 0.4) is 0 Å². The summed E-state index contributed by atoms with van der Waals surface area (Å²) in [6, 6.07) is 16.8. The van der Waals surface area contributed by atoms with E-state index in [1.807, 2.05) is 68.4 Å². The average molecular weight is 433 g/mol. The highest BCUT2D eigenvalue weighted by molar-refractivity contribution is 7.99. The van der Waals surface area contributed by atoms with Gasteiger partial charge in [-0.15, -0.1) is 11.8 Å². The third-order valence-corrected chi connectivity index (χ3v) is 5.82. The standard InChI is InChI=1S/C23H29ClN2O2S/c1-17(2)13-25-23(28)18(3)26(14-19-9-5-4-6-10-19)22(27)16-29-15-20-11-7-8-12-21(20)24/h4-12,17-18H,13-16H2,1-3H3,(H,25,28)/t18-/m1/s1. The zero-order valence-electron chi connectivity index (χ0n) is 17.2. The van der Waals surface area contributed by atoms with Crippen LogP contribution in [0, 0.1) is 5.92 Å². The molecule has 4 nitrogen and oxygen atoms in total. The van der Waals surface area contributed by atoms with E-state index in [1.54, 1.807) is 11.8 Å². The van der Waals surface area contributed by atoms with Crippen molar-refractivity contribution in [1.29, 1.82) is 0 Å². The van der Waals surface area contributed by atoms with Gasteiger partial charge >= 0.3 is 0 Å². The minimum Gasteiger partial charge on any atom is -0.354 e. The second kappa shape index (κ2) is 11.9. The van der Waals surface area contributed by atoms with E-state index in [4.69, 9.17) is 11.6 Å². The molecular formula is C23H29ClN2O2S. The predicted octanol–water partition coefficient (Wildman–Crippen LogP) is 4.76.